The van der Waals surface area contributed by atoms with E-state index in [0.717, 1.165) is 17.7 Å². The minimum absolute atomic E-state index is 0.0252. The molecule has 0 spiro atoms. The highest BCUT2D eigenvalue weighted by atomic mass is 32.2. The van der Waals surface area contributed by atoms with Gasteiger partial charge >= 0.3 is 6.18 Å². The molecule has 2 unspecified atom stereocenters. The number of nitrogens with one attached hydrogen (secondary N) is 1. The average Bonchev–Trinajstić information content (AvgIpc) is 3.43. The number of nitrogens with zero attached hydrogens (tertiary/aromatic N) is 3. The van der Waals surface area contributed by atoms with Gasteiger partial charge in [0, 0.05) is 38.8 Å². The van der Waals surface area contributed by atoms with E-state index in [1.54, 1.807) is 11.6 Å². The minimum atomic E-state index is -4.43. The number of aliphatic hydroxyl groups is 1. The van der Waals surface area contributed by atoms with Crippen LogP contribution in [0.1, 0.15) is 22.6 Å². The van der Waals surface area contributed by atoms with E-state index in [-0.39, 0.29) is 31.3 Å². The Balaban J connectivity index is 1.63. The summed E-state index contributed by atoms with van der Waals surface area (Å²) in [5.41, 5.74) is -0.371. The van der Waals surface area contributed by atoms with Crippen molar-refractivity contribution in [2.24, 2.45) is 7.05 Å². The van der Waals surface area contributed by atoms with Crippen LogP contribution in [0.2, 0.25) is 0 Å². The zero-order chi connectivity index (χ0) is 24.6. The fraction of sp³-hybridized carbons (Fsp3) is 0.348. The Labute approximate surface area is 195 Å². The third-order valence-electron chi connectivity index (χ3n) is 6.21. The molecule has 2 atom stereocenters. The summed E-state index contributed by atoms with van der Waals surface area (Å²) in [5.74, 6) is -0.397. The van der Waals surface area contributed by atoms with Gasteiger partial charge in [-0.25, -0.2) is 13.4 Å². The molecule has 3 aromatic rings. The lowest BCUT2D eigenvalue weighted by atomic mass is 9.82. The first kappa shape index (κ1) is 24.4. The molecule has 2 N–H and O–H groups in total. The quantitative estimate of drug-likeness (QED) is 0.528. The molecule has 1 aliphatic heterocycles. The summed E-state index contributed by atoms with van der Waals surface area (Å²) in [6.45, 7) is -0.132. The third kappa shape index (κ3) is 4.74. The van der Waals surface area contributed by atoms with Crippen molar-refractivity contribution in [3.63, 3.8) is 0 Å². The zero-order valence-electron chi connectivity index (χ0n) is 18.4. The fourth-order valence-corrected chi connectivity index (χ4v) is 5.79. The lowest BCUT2D eigenvalue weighted by Crippen LogP contribution is -2.54. The largest absolute Gasteiger partial charge is 0.416 e. The summed E-state index contributed by atoms with van der Waals surface area (Å²) >= 11 is 0. The van der Waals surface area contributed by atoms with Crippen LogP contribution in [0.4, 0.5) is 13.2 Å². The van der Waals surface area contributed by atoms with Crippen molar-refractivity contribution in [2.45, 2.75) is 29.2 Å². The SMILES string of the molecule is Cn1cnc(S(=O)(=O)N2CC(c3ccccc3)C(CO)(NCc3ccc(C(F)(F)F)cc3)C2)c1. The Morgan fingerprint density at radius 3 is 2.38 bits per heavy atom. The molecule has 0 radical (unpaired) electrons. The molecule has 182 valence electrons. The number of hydrogen-bond acceptors (Lipinski definition) is 5. The van der Waals surface area contributed by atoms with Crippen LogP contribution in [0.25, 0.3) is 0 Å². The Bertz CT molecular complexity index is 1230. The van der Waals surface area contributed by atoms with Crippen molar-refractivity contribution in [3.8, 4) is 0 Å². The summed E-state index contributed by atoms with van der Waals surface area (Å²) < 4.78 is 68.0. The Hall–Kier alpha value is -2.73. The van der Waals surface area contributed by atoms with Gasteiger partial charge in [0.1, 0.15) is 0 Å². The first-order chi connectivity index (χ1) is 16.0. The summed E-state index contributed by atoms with van der Waals surface area (Å²) in [6.07, 6.45) is -1.61. The molecule has 0 aliphatic carbocycles. The second-order valence-electron chi connectivity index (χ2n) is 8.50. The van der Waals surface area contributed by atoms with E-state index in [4.69, 9.17) is 0 Å². The molecule has 11 heteroatoms. The zero-order valence-corrected chi connectivity index (χ0v) is 19.2. The van der Waals surface area contributed by atoms with Crippen LogP contribution in [0.3, 0.4) is 0 Å². The van der Waals surface area contributed by atoms with Crippen molar-refractivity contribution < 1.29 is 26.7 Å². The second-order valence-corrected chi connectivity index (χ2v) is 10.4. The summed E-state index contributed by atoms with van der Waals surface area (Å²) in [4.78, 5) is 3.98. The lowest BCUT2D eigenvalue weighted by molar-refractivity contribution is -0.137. The van der Waals surface area contributed by atoms with E-state index in [9.17, 15) is 26.7 Å². The van der Waals surface area contributed by atoms with Crippen molar-refractivity contribution in [1.82, 2.24) is 19.2 Å². The minimum Gasteiger partial charge on any atom is -0.394 e. The van der Waals surface area contributed by atoms with Crippen molar-refractivity contribution in [1.29, 1.82) is 0 Å². The number of sulfonamides is 1. The molecule has 0 saturated carbocycles. The predicted octanol–water partition coefficient (Wildman–Crippen LogP) is 2.75. The van der Waals surface area contributed by atoms with Gasteiger partial charge in [0.2, 0.25) is 0 Å². The number of aliphatic hydroxyl groups excluding tert-OH is 1. The van der Waals surface area contributed by atoms with Crippen LogP contribution >= 0.6 is 0 Å². The first-order valence-electron chi connectivity index (χ1n) is 10.6. The maximum Gasteiger partial charge on any atom is 0.416 e. The summed E-state index contributed by atoms with van der Waals surface area (Å²) in [5, 5.41) is 13.7. The number of benzene rings is 2. The van der Waals surface area contributed by atoms with Gasteiger partial charge in [-0.3, -0.25) is 0 Å². The smallest absolute Gasteiger partial charge is 0.394 e. The molecule has 1 aromatic heterocycles. The number of halogens is 3. The third-order valence-corrected chi connectivity index (χ3v) is 7.90. The van der Waals surface area contributed by atoms with Crippen LogP contribution in [0.15, 0.2) is 72.1 Å². The molecule has 2 heterocycles. The highest BCUT2D eigenvalue weighted by molar-refractivity contribution is 7.89. The van der Waals surface area contributed by atoms with Gasteiger partial charge in [-0.15, -0.1) is 0 Å². The van der Waals surface area contributed by atoms with Crippen molar-refractivity contribution in [3.05, 3.63) is 83.8 Å². The fourth-order valence-electron chi connectivity index (χ4n) is 4.30. The predicted molar refractivity (Wildman–Crippen MR) is 119 cm³/mol. The molecular formula is C23H25F3N4O3S. The molecule has 1 saturated heterocycles. The second kappa shape index (κ2) is 9.14. The van der Waals surface area contributed by atoms with E-state index >= 15 is 0 Å². The molecule has 7 nitrogen and oxygen atoms in total. The van der Waals surface area contributed by atoms with E-state index in [1.807, 2.05) is 30.3 Å². The Kier molecular flexibility index (Phi) is 6.56. The first-order valence-corrected chi connectivity index (χ1v) is 12.0. The Morgan fingerprint density at radius 2 is 1.82 bits per heavy atom. The van der Waals surface area contributed by atoms with E-state index in [1.165, 1.54) is 29.0 Å². The van der Waals surface area contributed by atoms with E-state index in [0.29, 0.717) is 5.56 Å². The molecule has 2 aromatic carbocycles. The highest BCUT2D eigenvalue weighted by Crippen LogP contribution is 2.39. The molecule has 4 rings (SSSR count). The van der Waals surface area contributed by atoms with Crippen molar-refractivity contribution in [2.75, 3.05) is 19.7 Å². The van der Waals surface area contributed by atoms with Gasteiger partial charge in [-0.1, -0.05) is 42.5 Å². The maximum atomic E-state index is 13.3. The number of aromatic nitrogens is 2. The molecule has 0 bridgehead atoms. The molecule has 0 amide bonds. The van der Waals surface area contributed by atoms with Crippen LogP contribution in [0, 0.1) is 0 Å². The van der Waals surface area contributed by atoms with Gasteiger partial charge < -0.3 is 15.0 Å². The monoisotopic (exact) mass is 494 g/mol. The lowest BCUT2D eigenvalue weighted by Gasteiger charge is -2.34. The van der Waals surface area contributed by atoms with Gasteiger partial charge in [0.05, 0.1) is 24.0 Å². The number of hydrogen-bond donors (Lipinski definition) is 2. The maximum absolute atomic E-state index is 13.3. The normalized spacial score (nSPS) is 21.7. The molecule has 34 heavy (non-hydrogen) atoms. The van der Waals surface area contributed by atoms with E-state index < -0.39 is 33.2 Å². The number of aryl methyl sites for hydroxylation is 1. The molecular weight excluding hydrogens is 469 g/mol. The van der Waals surface area contributed by atoms with Gasteiger partial charge in [0.25, 0.3) is 10.0 Å². The van der Waals surface area contributed by atoms with Gasteiger partial charge in [0.15, 0.2) is 5.03 Å². The number of imidazole rings is 1. The van der Waals surface area contributed by atoms with E-state index in [2.05, 4.69) is 10.3 Å². The standard InChI is InChI=1S/C23H25F3N4O3S/c1-29-13-21(27-16-29)34(32,33)30-12-20(18-5-3-2-4-6-18)22(14-30,15-31)28-11-17-7-9-19(10-8-17)23(24,25)26/h2-10,13,16,20,28,31H,11-12,14-15H2,1H3. The average molecular weight is 495 g/mol. The van der Waals surface area contributed by atoms with Crippen LogP contribution in [-0.4, -0.2) is 52.6 Å². The Morgan fingerprint density at radius 1 is 1.15 bits per heavy atom. The van der Waals surface area contributed by atoms with Gasteiger partial charge in [-0.2, -0.15) is 17.5 Å². The van der Waals surface area contributed by atoms with Crippen LogP contribution in [0.5, 0.6) is 0 Å². The number of rotatable bonds is 7. The van der Waals surface area contributed by atoms with Crippen LogP contribution < -0.4 is 5.32 Å². The summed E-state index contributed by atoms with van der Waals surface area (Å²) in [7, 11) is -2.25. The number of alkyl halides is 3. The highest BCUT2D eigenvalue weighted by Gasteiger charge is 2.50. The van der Waals surface area contributed by atoms with Gasteiger partial charge in [-0.05, 0) is 23.3 Å². The topological polar surface area (TPSA) is 87.5 Å². The molecule has 1 fully saturated rings. The van der Waals surface area contributed by atoms with Crippen LogP contribution in [-0.2, 0) is 29.8 Å². The molecule has 1 aliphatic rings. The summed E-state index contributed by atoms with van der Waals surface area (Å²) in [6, 6.07) is 14.0. The van der Waals surface area contributed by atoms with Crippen molar-refractivity contribution >= 4 is 10.0 Å².